The lowest BCUT2D eigenvalue weighted by Crippen LogP contribution is -2.45. The molecule has 0 aliphatic carbocycles. The van der Waals surface area contributed by atoms with Gasteiger partial charge in [-0.25, -0.2) is 8.42 Å². The minimum atomic E-state index is -3.72. The van der Waals surface area contributed by atoms with Crippen LogP contribution in [0.5, 0.6) is 0 Å². The van der Waals surface area contributed by atoms with Crippen molar-refractivity contribution < 1.29 is 22.7 Å². The van der Waals surface area contributed by atoms with Crippen molar-refractivity contribution in [1.29, 1.82) is 0 Å². The van der Waals surface area contributed by atoms with Gasteiger partial charge in [0, 0.05) is 0 Å². The number of anilines is 2. The Morgan fingerprint density at radius 1 is 1.24 bits per heavy atom. The second-order valence-corrected chi connectivity index (χ2v) is 10.4. The van der Waals surface area contributed by atoms with Gasteiger partial charge in [0.25, 0.3) is 0 Å². The molecule has 1 aromatic carbocycles. The van der Waals surface area contributed by atoms with E-state index in [2.05, 4.69) is 20.3 Å². The summed E-state index contributed by atoms with van der Waals surface area (Å²) in [4.78, 5) is 23.9. The Bertz CT molecular complexity index is 986. The Morgan fingerprint density at radius 3 is 2.41 bits per heavy atom. The molecule has 1 atom stereocenters. The summed E-state index contributed by atoms with van der Waals surface area (Å²) in [7, 11) is -2.43. The first-order valence-electron chi connectivity index (χ1n) is 8.43. The van der Waals surface area contributed by atoms with Gasteiger partial charge in [-0.1, -0.05) is 29.2 Å². The van der Waals surface area contributed by atoms with Crippen LogP contribution in [-0.4, -0.2) is 55.7 Å². The number of nitrogens with one attached hydrogen (secondary N) is 1. The third kappa shape index (κ3) is 6.41. The van der Waals surface area contributed by atoms with Crippen LogP contribution in [0.2, 0.25) is 0 Å². The molecule has 158 valence electrons. The Hall–Kier alpha value is -2.18. The number of methoxy groups -OCH3 is 1. The number of hydrogen-bond donors (Lipinski definition) is 1. The van der Waals surface area contributed by atoms with Crippen LogP contribution in [0.15, 0.2) is 22.5 Å². The molecule has 0 aliphatic rings. The number of carbonyl (C=O) groups is 2. The van der Waals surface area contributed by atoms with Crippen LogP contribution < -0.4 is 9.62 Å². The van der Waals surface area contributed by atoms with E-state index in [0.29, 0.717) is 10.0 Å². The van der Waals surface area contributed by atoms with E-state index in [0.717, 1.165) is 44.8 Å². The van der Waals surface area contributed by atoms with E-state index in [1.807, 2.05) is 19.9 Å². The third-order valence-electron chi connectivity index (χ3n) is 3.73. The monoisotopic (exact) mass is 458 g/mol. The van der Waals surface area contributed by atoms with E-state index in [-0.39, 0.29) is 10.9 Å². The number of sulfonamides is 1. The van der Waals surface area contributed by atoms with Crippen LogP contribution in [-0.2, 0) is 24.3 Å². The number of aryl methyl sites for hydroxylation is 2. The molecule has 12 heteroatoms. The number of amides is 1. The molecule has 2 rings (SSSR count). The molecule has 1 heterocycles. The summed E-state index contributed by atoms with van der Waals surface area (Å²) in [5, 5.41) is 10.5. The predicted octanol–water partition coefficient (Wildman–Crippen LogP) is 2.21. The number of benzene rings is 1. The summed E-state index contributed by atoms with van der Waals surface area (Å²) in [6.07, 6.45) is 1.06. The van der Waals surface area contributed by atoms with Crippen LogP contribution in [0.1, 0.15) is 18.1 Å². The van der Waals surface area contributed by atoms with Gasteiger partial charge in [0.15, 0.2) is 4.34 Å². The largest absolute Gasteiger partial charge is 0.468 e. The minimum absolute atomic E-state index is 0.0735. The highest BCUT2D eigenvalue weighted by Crippen LogP contribution is 2.27. The molecular formula is C17H22N4O5S3. The number of nitrogens with zero attached hydrogens (tertiary/aromatic N) is 3. The lowest BCUT2D eigenvalue weighted by atomic mass is 10.1. The molecule has 9 nitrogen and oxygen atoms in total. The lowest BCUT2D eigenvalue weighted by Gasteiger charge is -2.28. The maximum Gasteiger partial charge on any atom is 0.316 e. The van der Waals surface area contributed by atoms with Gasteiger partial charge in [-0.05, 0) is 44.0 Å². The first kappa shape index (κ1) is 23.1. The van der Waals surface area contributed by atoms with Gasteiger partial charge < -0.3 is 4.74 Å². The van der Waals surface area contributed by atoms with Gasteiger partial charge in [-0.15, -0.1) is 10.2 Å². The van der Waals surface area contributed by atoms with Gasteiger partial charge in [-0.3, -0.25) is 19.2 Å². The first-order valence-corrected chi connectivity index (χ1v) is 12.1. The van der Waals surface area contributed by atoms with Crippen molar-refractivity contribution in [3.63, 3.8) is 0 Å². The Balaban J connectivity index is 2.18. The summed E-state index contributed by atoms with van der Waals surface area (Å²) in [6, 6.07) is 4.33. The Kier molecular flexibility index (Phi) is 7.60. The number of rotatable bonds is 8. The quantitative estimate of drug-likeness (QED) is 0.363. The second-order valence-electron chi connectivity index (χ2n) is 6.31. The smallest absolute Gasteiger partial charge is 0.316 e. The molecule has 0 fully saturated rings. The van der Waals surface area contributed by atoms with E-state index >= 15 is 0 Å². The summed E-state index contributed by atoms with van der Waals surface area (Å²) < 4.78 is 30.9. The van der Waals surface area contributed by atoms with E-state index in [1.54, 1.807) is 12.1 Å². The van der Waals surface area contributed by atoms with Crippen molar-refractivity contribution >= 4 is 55.8 Å². The van der Waals surface area contributed by atoms with Gasteiger partial charge in [0.1, 0.15) is 6.04 Å². The van der Waals surface area contributed by atoms with Crippen molar-refractivity contribution in [1.82, 2.24) is 10.2 Å². The fourth-order valence-corrected chi connectivity index (χ4v) is 5.34. The fraction of sp³-hybridized carbons (Fsp3) is 0.412. The van der Waals surface area contributed by atoms with Gasteiger partial charge in [0.05, 0.1) is 24.8 Å². The highest BCUT2D eigenvalue weighted by Gasteiger charge is 2.30. The maximum atomic E-state index is 12.7. The molecular weight excluding hydrogens is 436 g/mol. The number of carbonyl (C=O) groups excluding carboxylic acids is 2. The topological polar surface area (TPSA) is 119 Å². The minimum Gasteiger partial charge on any atom is -0.468 e. The number of aromatic nitrogens is 2. The number of thioether (sulfide) groups is 1. The second kappa shape index (κ2) is 9.55. The maximum absolute atomic E-state index is 12.7. The van der Waals surface area contributed by atoms with E-state index in [1.165, 1.54) is 14.0 Å². The molecule has 0 saturated carbocycles. The first-order chi connectivity index (χ1) is 13.5. The highest BCUT2D eigenvalue weighted by atomic mass is 32.2. The SMILES string of the molecule is COC(=O)CSc1nnc(NC(=O)[C@@H](C)N(c2cc(C)cc(C)c2)S(C)(=O)=O)s1. The standard InChI is InChI=1S/C17H22N4O5S3/c1-10-6-11(2)8-13(7-10)21(29(5,24)25)12(3)15(23)18-16-19-20-17(28-16)27-9-14(22)26-4/h6-8,12H,9H2,1-5H3,(H,18,19,23)/t12-/m1/s1. The zero-order valence-corrected chi connectivity index (χ0v) is 19.1. The van der Waals surface area contributed by atoms with Crippen molar-refractivity contribution in [3.8, 4) is 0 Å². The van der Waals surface area contributed by atoms with Crippen molar-refractivity contribution in [2.75, 3.05) is 28.7 Å². The van der Waals surface area contributed by atoms with E-state index < -0.39 is 27.9 Å². The molecule has 0 radical (unpaired) electrons. The van der Waals surface area contributed by atoms with Crippen LogP contribution in [0.3, 0.4) is 0 Å². The van der Waals surface area contributed by atoms with Crippen LogP contribution in [0.4, 0.5) is 10.8 Å². The van der Waals surface area contributed by atoms with Crippen LogP contribution in [0, 0.1) is 13.8 Å². The molecule has 0 spiro atoms. The van der Waals surface area contributed by atoms with Crippen LogP contribution in [0.25, 0.3) is 0 Å². The Morgan fingerprint density at radius 2 is 1.86 bits per heavy atom. The van der Waals surface area contributed by atoms with Crippen LogP contribution >= 0.6 is 23.1 Å². The molecule has 2 aromatic rings. The molecule has 1 N–H and O–H groups in total. The normalized spacial score (nSPS) is 12.3. The summed E-state index contributed by atoms with van der Waals surface area (Å²) in [5.41, 5.74) is 2.19. The Labute approximate surface area is 177 Å². The molecule has 1 aromatic heterocycles. The fourth-order valence-electron chi connectivity index (χ4n) is 2.59. The molecule has 0 bridgehead atoms. The van der Waals surface area contributed by atoms with Gasteiger partial charge in [0.2, 0.25) is 21.1 Å². The zero-order valence-electron chi connectivity index (χ0n) is 16.6. The van der Waals surface area contributed by atoms with Gasteiger partial charge in [-0.2, -0.15) is 0 Å². The van der Waals surface area contributed by atoms with Crippen molar-refractivity contribution in [2.45, 2.75) is 31.2 Å². The van der Waals surface area contributed by atoms with Crippen molar-refractivity contribution in [3.05, 3.63) is 29.3 Å². The number of hydrogen-bond acceptors (Lipinski definition) is 9. The predicted molar refractivity (Wildman–Crippen MR) is 114 cm³/mol. The molecule has 0 aliphatic heterocycles. The summed E-state index contributed by atoms with van der Waals surface area (Å²) in [6.45, 7) is 5.22. The highest BCUT2D eigenvalue weighted by molar-refractivity contribution is 8.01. The molecule has 0 saturated heterocycles. The average molecular weight is 459 g/mol. The van der Waals surface area contributed by atoms with E-state index in [4.69, 9.17) is 0 Å². The van der Waals surface area contributed by atoms with Gasteiger partial charge >= 0.3 is 5.97 Å². The zero-order chi connectivity index (χ0) is 21.8. The third-order valence-corrected chi connectivity index (χ3v) is 6.91. The average Bonchev–Trinajstić information content (AvgIpc) is 3.05. The molecule has 1 amide bonds. The molecule has 29 heavy (non-hydrogen) atoms. The number of ether oxygens (including phenoxy) is 1. The lowest BCUT2D eigenvalue weighted by molar-refractivity contribution is -0.137. The molecule has 0 unspecified atom stereocenters. The summed E-state index contributed by atoms with van der Waals surface area (Å²) in [5.74, 6) is -0.874. The summed E-state index contributed by atoms with van der Waals surface area (Å²) >= 11 is 2.22. The van der Waals surface area contributed by atoms with Crippen molar-refractivity contribution in [2.24, 2.45) is 0 Å². The number of esters is 1. The van der Waals surface area contributed by atoms with E-state index in [9.17, 15) is 18.0 Å².